The van der Waals surface area contributed by atoms with Gasteiger partial charge >= 0.3 is 5.97 Å². The molecule has 0 aliphatic heterocycles. The molecule has 2 rings (SSSR count). The summed E-state index contributed by atoms with van der Waals surface area (Å²) in [5.41, 5.74) is 10.9. The number of esters is 1. The number of aryl methyl sites for hydroxylation is 1. The number of carbonyl (C=O) groups is 1. The third kappa shape index (κ3) is 4.11. The van der Waals surface area contributed by atoms with Crippen molar-refractivity contribution in [3.05, 3.63) is 47.0 Å². The molecule has 0 aromatic rings. The summed E-state index contributed by atoms with van der Waals surface area (Å²) in [4.78, 5) is 12.1. The molecule has 0 heterocycles. The van der Waals surface area contributed by atoms with Crippen LogP contribution in [-0.4, -0.2) is 19.6 Å². The predicted molar refractivity (Wildman–Crippen MR) is 95.1 cm³/mol. The maximum atomic E-state index is 12.1. The Kier molecular flexibility index (Phi) is 6.17. The van der Waals surface area contributed by atoms with Crippen LogP contribution in [0.5, 0.6) is 0 Å². The molecule has 3 nitrogen and oxygen atoms in total. The van der Waals surface area contributed by atoms with Crippen LogP contribution in [0.3, 0.4) is 0 Å². The Bertz CT molecular complexity index is 634. The number of rotatable bonds is 7. The van der Waals surface area contributed by atoms with Crippen molar-refractivity contribution in [2.24, 2.45) is 5.73 Å². The largest absolute Gasteiger partial charge is 0.465 e. The first-order chi connectivity index (χ1) is 11.1. The lowest BCUT2D eigenvalue weighted by molar-refractivity contribution is 0.0602. The van der Waals surface area contributed by atoms with E-state index < -0.39 is 0 Å². The highest BCUT2D eigenvalue weighted by Gasteiger charge is 2.20. The van der Waals surface area contributed by atoms with Crippen LogP contribution in [0.1, 0.15) is 60.5 Å². The monoisotopic (exact) mass is 313 g/mol. The number of fused-ring (bicyclic) bond motifs is 1. The van der Waals surface area contributed by atoms with Crippen molar-refractivity contribution >= 4 is 5.97 Å². The van der Waals surface area contributed by atoms with Crippen molar-refractivity contribution in [3.63, 3.8) is 0 Å². The van der Waals surface area contributed by atoms with Gasteiger partial charge in [-0.3, -0.25) is 0 Å². The summed E-state index contributed by atoms with van der Waals surface area (Å²) < 4.78 is 4.95. The van der Waals surface area contributed by atoms with E-state index in [-0.39, 0.29) is 5.97 Å². The molecule has 0 aromatic heterocycles. The van der Waals surface area contributed by atoms with Crippen LogP contribution >= 0.6 is 0 Å². The minimum atomic E-state index is -0.263. The fourth-order valence-corrected chi connectivity index (χ4v) is 2.95. The molecule has 0 spiro atoms. The average molecular weight is 313 g/mol. The fourth-order valence-electron chi connectivity index (χ4n) is 2.95. The van der Waals surface area contributed by atoms with E-state index in [1.54, 1.807) is 0 Å². The Hall–Kier alpha value is -1.87. The standard InChI is InChI=1S/C20H27NO2/c1-14(2)15-8-10-17-16(7-5-4-6-12-21)13-19(20(22)23-3)18(17)11-9-15/h8-11,13-14H,4-7,12,21H2,1-3H3. The van der Waals surface area contributed by atoms with Gasteiger partial charge in [0.25, 0.3) is 0 Å². The van der Waals surface area contributed by atoms with Gasteiger partial charge in [-0.2, -0.15) is 0 Å². The number of nitrogens with two attached hydrogens (primary N) is 1. The lowest BCUT2D eigenvalue weighted by Crippen LogP contribution is -2.00. The molecular formula is C20H27NO2. The summed E-state index contributed by atoms with van der Waals surface area (Å²) >= 11 is 0. The van der Waals surface area contributed by atoms with Crippen LogP contribution in [0.4, 0.5) is 0 Å². The zero-order chi connectivity index (χ0) is 16.8. The molecule has 2 aliphatic carbocycles. The highest BCUT2D eigenvalue weighted by atomic mass is 16.5. The highest BCUT2D eigenvalue weighted by Crippen LogP contribution is 2.34. The number of hydrogen-bond donors (Lipinski definition) is 1. The molecule has 2 N–H and O–H groups in total. The minimum absolute atomic E-state index is 0.263. The molecule has 0 amide bonds. The molecular weight excluding hydrogens is 286 g/mol. The zero-order valence-electron chi connectivity index (χ0n) is 14.4. The average Bonchev–Trinajstić information content (AvgIpc) is 2.73. The molecule has 0 atom stereocenters. The highest BCUT2D eigenvalue weighted by molar-refractivity contribution is 6.00. The van der Waals surface area contributed by atoms with Gasteiger partial charge in [-0.1, -0.05) is 44.5 Å². The van der Waals surface area contributed by atoms with Crippen LogP contribution < -0.4 is 5.73 Å². The Morgan fingerprint density at radius 1 is 1.09 bits per heavy atom. The molecule has 2 aliphatic rings. The molecule has 23 heavy (non-hydrogen) atoms. The van der Waals surface area contributed by atoms with E-state index in [0.29, 0.717) is 11.5 Å². The van der Waals surface area contributed by atoms with E-state index in [4.69, 9.17) is 10.5 Å². The number of hydrogen-bond acceptors (Lipinski definition) is 3. The minimum Gasteiger partial charge on any atom is -0.465 e. The molecule has 3 heteroatoms. The van der Waals surface area contributed by atoms with E-state index in [1.165, 1.54) is 18.2 Å². The van der Waals surface area contributed by atoms with Crippen LogP contribution in [-0.2, 0) is 11.2 Å². The summed E-state index contributed by atoms with van der Waals surface area (Å²) in [5.74, 6) is 0.196. The Labute approximate surface area is 139 Å². The van der Waals surface area contributed by atoms with Gasteiger partial charge in [0, 0.05) is 0 Å². The van der Waals surface area contributed by atoms with Crippen molar-refractivity contribution in [1.82, 2.24) is 0 Å². The zero-order valence-corrected chi connectivity index (χ0v) is 14.4. The smallest absolute Gasteiger partial charge is 0.338 e. The molecule has 0 unspecified atom stereocenters. The first-order valence-electron chi connectivity index (χ1n) is 8.42. The van der Waals surface area contributed by atoms with E-state index >= 15 is 0 Å². The lowest BCUT2D eigenvalue weighted by atomic mass is 10.0. The first kappa shape index (κ1) is 17.5. The Morgan fingerprint density at radius 3 is 2.39 bits per heavy atom. The fraction of sp³-hybridized carbons (Fsp3) is 0.450. The van der Waals surface area contributed by atoms with E-state index in [1.807, 2.05) is 6.07 Å². The molecule has 0 radical (unpaired) electrons. The van der Waals surface area contributed by atoms with Crippen LogP contribution in [0.2, 0.25) is 0 Å². The molecule has 0 saturated carbocycles. The summed E-state index contributed by atoms with van der Waals surface area (Å²) in [7, 11) is 1.44. The quantitative estimate of drug-likeness (QED) is 0.610. The summed E-state index contributed by atoms with van der Waals surface area (Å²) in [5, 5.41) is 0. The summed E-state index contributed by atoms with van der Waals surface area (Å²) in [6.45, 7) is 5.09. The van der Waals surface area contributed by atoms with Gasteiger partial charge in [-0.25, -0.2) is 4.79 Å². The SMILES string of the molecule is COC(=O)c1cc(CCCCCN)c2ccc(C(C)C)ccc1-2. The van der Waals surface area contributed by atoms with Gasteiger partial charge < -0.3 is 10.5 Å². The van der Waals surface area contributed by atoms with Gasteiger partial charge in [-0.05, 0) is 60.0 Å². The van der Waals surface area contributed by atoms with Gasteiger partial charge in [-0.15, -0.1) is 0 Å². The van der Waals surface area contributed by atoms with E-state index in [0.717, 1.165) is 43.4 Å². The Balaban J connectivity index is 2.40. The molecule has 0 bridgehead atoms. The van der Waals surface area contributed by atoms with Crippen LogP contribution in [0.25, 0.3) is 11.1 Å². The first-order valence-corrected chi connectivity index (χ1v) is 8.42. The molecule has 0 aromatic carbocycles. The van der Waals surface area contributed by atoms with Gasteiger partial charge in [0.1, 0.15) is 0 Å². The summed E-state index contributed by atoms with van der Waals surface area (Å²) in [6, 6.07) is 10.5. The second-order valence-electron chi connectivity index (χ2n) is 6.32. The number of ether oxygens (including phenoxy) is 1. The van der Waals surface area contributed by atoms with Gasteiger partial charge in [0.05, 0.1) is 12.7 Å². The topological polar surface area (TPSA) is 52.3 Å². The van der Waals surface area contributed by atoms with Crippen molar-refractivity contribution < 1.29 is 9.53 Å². The Morgan fingerprint density at radius 2 is 1.78 bits per heavy atom. The van der Waals surface area contributed by atoms with Crippen molar-refractivity contribution in [1.29, 1.82) is 0 Å². The van der Waals surface area contributed by atoms with E-state index in [9.17, 15) is 4.79 Å². The lowest BCUT2D eigenvalue weighted by Gasteiger charge is -2.02. The van der Waals surface area contributed by atoms with Gasteiger partial charge in [0.15, 0.2) is 0 Å². The third-order valence-corrected chi connectivity index (χ3v) is 4.35. The van der Waals surface area contributed by atoms with Crippen LogP contribution in [0, 0.1) is 0 Å². The van der Waals surface area contributed by atoms with Crippen molar-refractivity contribution in [2.75, 3.05) is 13.7 Å². The predicted octanol–water partition coefficient (Wildman–Crippen LogP) is 4.37. The maximum Gasteiger partial charge on any atom is 0.338 e. The normalized spacial score (nSPS) is 11.2. The third-order valence-electron chi connectivity index (χ3n) is 4.35. The second kappa shape index (κ2) is 8.11. The van der Waals surface area contributed by atoms with E-state index in [2.05, 4.69) is 38.1 Å². The molecule has 0 fully saturated rings. The van der Waals surface area contributed by atoms with Gasteiger partial charge in [0.2, 0.25) is 0 Å². The van der Waals surface area contributed by atoms with Crippen molar-refractivity contribution in [2.45, 2.75) is 45.4 Å². The van der Waals surface area contributed by atoms with Crippen LogP contribution in [0.15, 0.2) is 30.3 Å². The number of unbranched alkanes of at least 4 members (excludes halogenated alkanes) is 2. The molecule has 0 saturated heterocycles. The number of methoxy groups -OCH3 is 1. The number of carbonyl (C=O) groups excluding carboxylic acids is 1. The summed E-state index contributed by atoms with van der Waals surface area (Å²) in [6.07, 6.45) is 4.22. The molecule has 124 valence electrons. The maximum absolute atomic E-state index is 12.1. The van der Waals surface area contributed by atoms with Crippen molar-refractivity contribution in [3.8, 4) is 11.1 Å². The second-order valence-corrected chi connectivity index (χ2v) is 6.32.